The fourth-order valence-electron chi connectivity index (χ4n) is 2.32. The van der Waals surface area contributed by atoms with Crippen LogP contribution < -0.4 is 10.6 Å². The van der Waals surface area contributed by atoms with Gasteiger partial charge in [-0.25, -0.2) is 13.1 Å². The molecule has 1 fully saturated rings. The summed E-state index contributed by atoms with van der Waals surface area (Å²) in [4.78, 5) is 0. The number of ether oxygens (including phenoxy) is 1. The monoisotopic (exact) mass is 340 g/mol. The van der Waals surface area contributed by atoms with Gasteiger partial charge in [-0.3, -0.25) is 0 Å². The van der Waals surface area contributed by atoms with Crippen molar-refractivity contribution in [2.24, 2.45) is 0 Å². The molecule has 7 nitrogen and oxygen atoms in total. The molecular formula is C13H16N4O3S2. The van der Waals surface area contributed by atoms with Gasteiger partial charge in [0.1, 0.15) is 5.75 Å². The minimum absolute atomic E-state index is 0.0188. The smallest absolute Gasteiger partial charge is 0.210 e. The first-order valence-corrected chi connectivity index (χ1v) is 9.40. The van der Waals surface area contributed by atoms with Gasteiger partial charge < -0.3 is 10.6 Å². The lowest BCUT2D eigenvalue weighted by Crippen LogP contribution is -2.14. The zero-order valence-electron chi connectivity index (χ0n) is 12.0. The number of benzene rings is 1. The molecule has 1 aromatic heterocycles. The third-order valence-corrected chi connectivity index (χ3v) is 6.66. The standard InChI is InChI=1S/C13H16N4O3S2/c1-20-10-4-2-3-9(7-10)12-15-16-13(17(12)14)21-11-5-6-22(18,19)8-11/h2-4,7,11H,5-6,8,14H2,1H3. The van der Waals surface area contributed by atoms with Crippen LogP contribution in [0.5, 0.6) is 5.75 Å². The van der Waals surface area contributed by atoms with Crippen molar-refractivity contribution in [1.82, 2.24) is 14.9 Å². The van der Waals surface area contributed by atoms with Crippen LogP contribution in [0.1, 0.15) is 6.42 Å². The Balaban J connectivity index is 1.83. The maximum Gasteiger partial charge on any atom is 0.210 e. The summed E-state index contributed by atoms with van der Waals surface area (Å²) in [6.45, 7) is 0. The molecule has 22 heavy (non-hydrogen) atoms. The van der Waals surface area contributed by atoms with Crippen molar-refractivity contribution in [2.75, 3.05) is 24.5 Å². The molecule has 0 bridgehead atoms. The van der Waals surface area contributed by atoms with Gasteiger partial charge in [0.2, 0.25) is 5.16 Å². The average Bonchev–Trinajstić information content (AvgIpc) is 3.03. The van der Waals surface area contributed by atoms with Gasteiger partial charge in [-0.15, -0.1) is 10.2 Å². The lowest BCUT2D eigenvalue weighted by atomic mass is 10.2. The van der Waals surface area contributed by atoms with Crippen molar-refractivity contribution in [2.45, 2.75) is 16.8 Å². The van der Waals surface area contributed by atoms with Crippen molar-refractivity contribution in [3.63, 3.8) is 0 Å². The minimum Gasteiger partial charge on any atom is -0.497 e. The number of thioether (sulfide) groups is 1. The Bertz CT molecular complexity index is 788. The summed E-state index contributed by atoms with van der Waals surface area (Å²) in [7, 11) is -1.33. The van der Waals surface area contributed by atoms with Crippen LogP contribution in [0, 0.1) is 0 Å². The van der Waals surface area contributed by atoms with Crippen LogP contribution in [0.25, 0.3) is 11.4 Å². The van der Waals surface area contributed by atoms with Crippen molar-refractivity contribution < 1.29 is 13.2 Å². The van der Waals surface area contributed by atoms with E-state index in [-0.39, 0.29) is 16.8 Å². The van der Waals surface area contributed by atoms with Crippen LogP contribution in [0.4, 0.5) is 0 Å². The van der Waals surface area contributed by atoms with Crippen LogP contribution in [0.3, 0.4) is 0 Å². The van der Waals surface area contributed by atoms with E-state index in [1.165, 1.54) is 16.4 Å². The first-order chi connectivity index (χ1) is 10.5. The fraction of sp³-hybridized carbons (Fsp3) is 0.385. The Morgan fingerprint density at radius 3 is 2.91 bits per heavy atom. The lowest BCUT2D eigenvalue weighted by Gasteiger charge is -2.07. The molecule has 0 radical (unpaired) electrons. The van der Waals surface area contributed by atoms with E-state index in [2.05, 4.69) is 10.2 Å². The van der Waals surface area contributed by atoms with Crippen molar-refractivity contribution in [3.8, 4) is 17.1 Å². The first-order valence-electron chi connectivity index (χ1n) is 6.70. The van der Waals surface area contributed by atoms with Crippen LogP contribution in [0.15, 0.2) is 29.4 Å². The van der Waals surface area contributed by atoms with E-state index in [9.17, 15) is 8.42 Å². The molecule has 0 spiro atoms. The minimum atomic E-state index is -2.92. The summed E-state index contributed by atoms with van der Waals surface area (Å²) < 4.78 is 29.6. The third-order valence-electron chi connectivity index (χ3n) is 3.46. The van der Waals surface area contributed by atoms with E-state index >= 15 is 0 Å². The van der Waals surface area contributed by atoms with Crippen LogP contribution in [-0.4, -0.2) is 47.2 Å². The number of nitrogen functional groups attached to an aromatic ring is 1. The predicted octanol–water partition coefficient (Wildman–Crippen LogP) is 0.947. The molecule has 9 heteroatoms. The topological polar surface area (TPSA) is 100 Å². The Labute approximate surface area is 132 Å². The van der Waals surface area contributed by atoms with Crippen molar-refractivity contribution >= 4 is 21.6 Å². The van der Waals surface area contributed by atoms with E-state index in [4.69, 9.17) is 10.6 Å². The Morgan fingerprint density at radius 1 is 1.41 bits per heavy atom. The lowest BCUT2D eigenvalue weighted by molar-refractivity contribution is 0.415. The summed E-state index contributed by atoms with van der Waals surface area (Å²) in [5, 5.41) is 8.67. The molecule has 1 aliphatic rings. The zero-order valence-corrected chi connectivity index (χ0v) is 13.6. The second-order valence-electron chi connectivity index (χ2n) is 5.05. The Kier molecular flexibility index (Phi) is 4.00. The predicted molar refractivity (Wildman–Crippen MR) is 85.1 cm³/mol. The molecule has 0 amide bonds. The quantitative estimate of drug-likeness (QED) is 0.827. The molecule has 1 aliphatic heterocycles. The Morgan fingerprint density at radius 2 is 2.23 bits per heavy atom. The number of hydrogen-bond acceptors (Lipinski definition) is 7. The average molecular weight is 340 g/mol. The van der Waals surface area contributed by atoms with Gasteiger partial charge >= 0.3 is 0 Å². The van der Waals surface area contributed by atoms with Crippen molar-refractivity contribution in [1.29, 1.82) is 0 Å². The molecule has 1 aromatic carbocycles. The van der Waals surface area contributed by atoms with E-state index in [0.29, 0.717) is 23.2 Å². The van der Waals surface area contributed by atoms with Crippen LogP contribution in [-0.2, 0) is 9.84 Å². The maximum absolute atomic E-state index is 11.5. The summed E-state index contributed by atoms with van der Waals surface area (Å²) in [6.07, 6.45) is 0.619. The second-order valence-corrected chi connectivity index (χ2v) is 8.55. The SMILES string of the molecule is COc1cccc(-c2nnc(SC3CCS(=O)(=O)C3)n2N)c1. The molecular weight excluding hydrogens is 324 g/mol. The van der Waals surface area contributed by atoms with Crippen LogP contribution in [0.2, 0.25) is 0 Å². The number of nitrogens with zero attached hydrogens (tertiary/aromatic N) is 3. The molecule has 2 heterocycles. The summed E-state index contributed by atoms with van der Waals surface area (Å²) in [6, 6.07) is 7.37. The highest BCUT2D eigenvalue weighted by atomic mass is 32.2. The normalized spacial score (nSPS) is 20.1. The van der Waals surface area contributed by atoms with E-state index < -0.39 is 9.84 Å². The largest absolute Gasteiger partial charge is 0.497 e. The fourth-order valence-corrected chi connectivity index (χ4v) is 5.73. The highest BCUT2D eigenvalue weighted by molar-refractivity contribution is 8.01. The van der Waals surface area contributed by atoms with E-state index in [1.54, 1.807) is 7.11 Å². The van der Waals surface area contributed by atoms with E-state index in [0.717, 1.165) is 5.56 Å². The molecule has 3 rings (SSSR count). The molecule has 0 saturated carbocycles. The highest BCUT2D eigenvalue weighted by Crippen LogP contribution is 2.31. The van der Waals surface area contributed by atoms with Gasteiger partial charge in [0.05, 0.1) is 18.6 Å². The van der Waals surface area contributed by atoms with Gasteiger partial charge in [-0.05, 0) is 18.6 Å². The molecule has 2 aromatic rings. The molecule has 1 unspecified atom stereocenters. The summed E-state index contributed by atoms with van der Waals surface area (Å²) in [5.74, 6) is 7.67. The van der Waals surface area contributed by atoms with E-state index in [1.807, 2.05) is 24.3 Å². The van der Waals surface area contributed by atoms with Gasteiger partial charge in [-0.1, -0.05) is 23.9 Å². The summed E-state index contributed by atoms with van der Waals surface area (Å²) in [5.41, 5.74) is 0.792. The number of rotatable bonds is 4. The number of methoxy groups -OCH3 is 1. The Hall–Kier alpha value is -1.74. The molecule has 0 aliphatic carbocycles. The van der Waals surface area contributed by atoms with Gasteiger partial charge in [0.25, 0.3) is 0 Å². The van der Waals surface area contributed by atoms with Crippen molar-refractivity contribution in [3.05, 3.63) is 24.3 Å². The second kappa shape index (κ2) is 5.81. The van der Waals surface area contributed by atoms with Gasteiger partial charge in [0.15, 0.2) is 15.7 Å². The third kappa shape index (κ3) is 3.05. The van der Waals surface area contributed by atoms with Gasteiger partial charge in [-0.2, -0.15) is 0 Å². The molecule has 2 N–H and O–H groups in total. The number of aromatic nitrogens is 3. The van der Waals surface area contributed by atoms with Crippen LogP contribution >= 0.6 is 11.8 Å². The highest BCUT2D eigenvalue weighted by Gasteiger charge is 2.30. The number of sulfone groups is 1. The molecule has 1 saturated heterocycles. The molecule has 1 atom stereocenters. The first kappa shape index (κ1) is 15.2. The molecule has 118 valence electrons. The zero-order chi connectivity index (χ0) is 15.7. The maximum atomic E-state index is 11.5. The summed E-state index contributed by atoms with van der Waals surface area (Å²) >= 11 is 1.36. The number of nitrogens with two attached hydrogens (primary N) is 1. The van der Waals surface area contributed by atoms with Gasteiger partial charge in [0, 0.05) is 10.8 Å². The number of hydrogen-bond donors (Lipinski definition) is 1.